The molecule has 1 N–H and O–H groups in total. The van der Waals surface area contributed by atoms with Crippen molar-refractivity contribution in [2.24, 2.45) is 0 Å². The van der Waals surface area contributed by atoms with Crippen LogP contribution < -0.4 is 10.2 Å². The van der Waals surface area contributed by atoms with Gasteiger partial charge in [-0.1, -0.05) is 37.6 Å². The van der Waals surface area contributed by atoms with Gasteiger partial charge in [0.15, 0.2) is 0 Å². The van der Waals surface area contributed by atoms with Crippen LogP contribution in [0.15, 0.2) is 65.6 Å². The zero-order chi connectivity index (χ0) is 22.6. The number of pyridine rings is 1. The molecule has 6 nitrogen and oxygen atoms in total. The highest BCUT2D eigenvalue weighted by molar-refractivity contribution is 5.85. The summed E-state index contributed by atoms with van der Waals surface area (Å²) in [6.07, 6.45) is 8.40. The molecule has 0 saturated carbocycles. The number of nitrogens with zero attached hydrogens (tertiary/aromatic N) is 3. The van der Waals surface area contributed by atoms with Gasteiger partial charge < -0.3 is 19.5 Å². The molecule has 2 aliphatic rings. The van der Waals surface area contributed by atoms with Crippen molar-refractivity contribution in [3.8, 4) is 11.1 Å². The molecule has 2 atom stereocenters. The summed E-state index contributed by atoms with van der Waals surface area (Å²) in [4.78, 5) is 22.2. The number of carbonyl (C=O) groups is 1. The summed E-state index contributed by atoms with van der Waals surface area (Å²) in [6, 6.07) is 14.8. The number of amides is 1. The molecule has 7 heteroatoms. The third-order valence-corrected chi connectivity index (χ3v) is 6.90. The van der Waals surface area contributed by atoms with Crippen molar-refractivity contribution < 1.29 is 9.21 Å². The Hall–Kier alpha value is -2.83. The van der Waals surface area contributed by atoms with Crippen LogP contribution in [0.4, 0.5) is 5.82 Å². The highest BCUT2D eigenvalue weighted by atomic mass is 35.5. The molecule has 4 heterocycles. The molecule has 0 radical (unpaired) electrons. The van der Waals surface area contributed by atoms with Crippen molar-refractivity contribution in [1.82, 2.24) is 15.2 Å². The van der Waals surface area contributed by atoms with Crippen LogP contribution in [0.1, 0.15) is 36.8 Å². The Morgan fingerprint density at radius 3 is 2.76 bits per heavy atom. The maximum Gasteiger partial charge on any atom is 0.239 e. The number of carbonyl (C=O) groups excluding carboxylic acids is 1. The van der Waals surface area contributed by atoms with Gasteiger partial charge in [-0.25, -0.2) is 4.98 Å². The first-order chi connectivity index (χ1) is 16.2. The maximum atomic E-state index is 13.3. The van der Waals surface area contributed by atoms with Gasteiger partial charge in [-0.15, -0.1) is 12.4 Å². The highest BCUT2D eigenvalue weighted by Gasteiger charge is 2.34. The van der Waals surface area contributed by atoms with E-state index in [0.717, 1.165) is 68.9 Å². The number of hydrogen-bond donors (Lipinski definition) is 1. The van der Waals surface area contributed by atoms with Gasteiger partial charge in [0.05, 0.1) is 18.6 Å². The summed E-state index contributed by atoms with van der Waals surface area (Å²) in [5.74, 6) is 1.60. The molecule has 3 aromatic rings. The van der Waals surface area contributed by atoms with Crippen molar-refractivity contribution >= 4 is 24.1 Å². The number of aromatic nitrogens is 1. The zero-order valence-corrected chi connectivity index (χ0v) is 20.5. The number of rotatable bonds is 6. The monoisotopic (exact) mass is 480 g/mol. The van der Waals surface area contributed by atoms with Gasteiger partial charge in [-0.05, 0) is 48.1 Å². The largest absolute Gasteiger partial charge is 0.472 e. The fourth-order valence-electron chi connectivity index (χ4n) is 5.12. The molecule has 0 aliphatic carbocycles. The summed E-state index contributed by atoms with van der Waals surface area (Å²) in [5, 5.41) is 3.50. The fraction of sp³-hybridized carbons (Fsp3) is 0.407. The Bertz CT molecular complexity index is 1080. The highest BCUT2D eigenvalue weighted by Crippen LogP contribution is 2.31. The zero-order valence-electron chi connectivity index (χ0n) is 19.7. The van der Waals surface area contributed by atoms with E-state index in [4.69, 9.17) is 4.42 Å². The minimum atomic E-state index is -0.0901. The number of halogens is 1. The van der Waals surface area contributed by atoms with E-state index in [2.05, 4.69) is 52.5 Å². The van der Waals surface area contributed by atoms with E-state index in [1.807, 2.05) is 23.2 Å². The SMILES string of the molecule is CCCc1cccc([C@H]2CN[C@@H](C(=O)N3CCN(c4ncccc4-c4ccoc4)CC3)C2)c1.Cl. The minimum absolute atomic E-state index is 0. The Morgan fingerprint density at radius 1 is 1.15 bits per heavy atom. The average molecular weight is 481 g/mol. The van der Waals surface area contributed by atoms with E-state index < -0.39 is 0 Å². The molecule has 180 valence electrons. The van der Waals surface area contributed by atoms with Gasteiger partial charge in [0, 0.05) is 50.0 Å². The second-order valence-corrected chi connectivity index (χ2v) is 9.09. The van der Waals surface area contributed by atoms with Gasteiger partial charge >= 0.3 is 0 Å². The van der Waals surface area contributed by atoms with E-state index in [1.54, 1.807) is 12.5 Å². The first kappa shape index (κ1) is 24.3. The molecule has 0 unspecified atom stereocenters. The lowest BCUT2D eigenvalue weighted by molar-refractivity contribution is -0.133. The Labute approximate surface area is 207 Å². The van der Waals surface area contributed by atoms with E-state index in [-0.39, 0.29) is 24.4 Å². The predicted molar refractivity (Wildman–Crippen MR) is 138 cm³/mol. The van der Waals surface area contributed by atoms with Crippen LogP contribution >= 0.6 is 12.4 Å². The summed E-state index contributed by atoms with van der Waals surface area (Å²) >= 11 is 0. The van der Waals surface area contributed by atoms with Crippen LogP contribution in [0.25, 0.3) is 11.1 Å². The van der Waals surface area contributed by atoms with Gasteiger partial charge in [0.1, 0.15) is 5.82 Å². The van der Waals surface area contributed by atoms with Crippen LogP contribution in [0, 0.1) is 0 Å². The second kappa shape index (κ2) is 11.1. The molecular weight excluding hydrogens is 448 g/mol. The molecule has 1 aromatic carbocycles. The Balaban J connectivity index is 0.00000274. The first-order valence-corrected chi connectivity index (χ1v) is 12.1. The minimum Gasteiger partial charge on any atom is -0.472 e. The van der Waals surface area contributed by atoms with Gasteiger partial charge in [-0.2, -0.15) is 0 Å². The van der Waals surface area contributed by atoms with Crippen molar-refractivity contribution in [3.63, 3.8) is 0 Å². The van der Waals surface area contributed by atoms with Crippen LogP contribution in [-0.4, -0.2) is 54.6 Å². The van der Waals surface area contributed by atoms with Crippen molar-refractivity contribution in [2.75, 3.05) is 37.6 Å². The maximum absolute atomic E-state index is 13.3. The summed E-state index contributed by atoms with van der Waals surface area (Å²) in [6.45, 7) is 6.08. The topological polar surface area (TPSA) is 61.6 Å². The lowest BCUT2D eigenvalue weighted by Gasteiger charge is -2.37. The number of piperazine rings is 1. The third-order valence-electron chi connectivity index (χ3n) is 6.90. The predicted octanol–water partition coefficient (Wildman–Crippen LogP) is 4.51. The summed E-state index contributed by atoms with van der Waals surface area (Å²) in [5.41, 5.74) is 4.85. The number of nitrogens with one attached hydrogen (secondary N) is 1. The lowest BCUT2D eigenvalue weighted by atomic mass is 9.93. The fourth-order valence-corrected chi connectivity index (χ4v) is 5.12. The Morgan fingerprint density at radius 2 is 2.00 bits per heavy atom. The van der Waals surface area contributed by atoms with Gasteiger partial charge in [-0.3, -0.25) is 4.79 Å². The van der Waals surface area contributed by atoms with E-state index in [9.17, 15) is 4.79 Å². The molecule has 5 rings (SSSR count). The van der Waals surface area contributed by atoms with Crippen LogP contribution in [0.5, 0.6) is 0 Å². The molecule has 2 saturated heterocycles. The number of aryl methyl sites for hydroxylation is 1. The van der Waals surface area contributed by atoms with Gasteiger partial charge in [0.2, 0.25) is 5.91 Å². The van der Waals surface area contributed by atoms with E-state index in [1.165, 1.54) is 11.1 Å². The Kier molecular flexibility index (Phi) is 7.91. The second-order valence-electron chi connectivity index (χ2n) is 9.09. The number of hydrogen-bond acceptors (Lipinski definition) is 5. The van der Waals surface area contributed by atoms with Crippen molar-refractivity contribution in [1.29, 1.82) is 0 Å². The number of anilines is 1. The smallest absolute Gasteiger partial charge is 0.239 e. The molecule has 2 aliphatic heterocycles. The quantitative estimate of drug-likeness (QED) is 0.562. The molecule has 0 bridgehead atoms. The lowest BCUT2D eigenvalue weighted by Crippen LogP contribution is -2.53. The van der Waals surface area contributed by atoms with Crippen LogP contribution in [0.3, 0.4) is 0 Å². The van der Waals surface area contributed by atoms with Crippen LogP contribution in [0.2, 0.25) is 0 Å². The molecule has 1 amide bonds. The average Bonchev–Trinajstić information content (AvgIpc) is 3.57. The summed E-state index contributed by atoms with van der Waals surface area (Å²) in [7, 11) is 0. The number of benzene rings is 1. The summed E-state index contributed by atoms with van der Waals surface area (Å²) < 4.78 is 5.27. The molecule has 34 heavy (non-hydrogen) atoms. The van der Waals surface area contributed by atoms with Crippen molar-refractivity contribution in [3.05, 3.63) is 72.3 Å². The number of furan rings is 1. The molecule has 2 fully saturated rings. The first-order valence-electron chi connectivity index (χ1n) is 12.1. The van der Waals surface area contributed by atoms with E-state index in [0.29, 0.717) is 5.92 Å². The van der Waals surface area contributed by atoms with E-state index >= 15 is 0 Å². The molecule has 2 aromatic heterocycles. The van der Waals surface area contributed by atoms with Crippen molar-refractivity contribution in [2.45, 2.75) is 38.1 Å². The molecule has 0 spiro atoms. The van der Waals surface area contributed by atoms with Gasteiger partial charge in [0.25, 0.3) is 0 Å². The van der Waals surface area contributed by atoms with Crippen LogP contribution in [-0.2, 0) is 11.2 Å². The normalized spacial score (nSPS) is 20.3. The standard InChI is InChI=1S/C27H32N4O2.ClH/c1-2-5-20-6-3-7-21(16-20)23-17-25(29-18-23)27(32)31-13-11-30(12-14-31)26-24(8-4-10-28-26)22-9-15-33-19-22;/h3-4,6-10,15-16,19,23,25,29H,2,5,11-14,17-18H2,1H3;1H/t23-,25-;/m1./s1. The third kappa shape index (κ3) is 5.13. The molecular formula is C27H33ClN4O2.